The smallest absolute Gasteiger partial charge is 0.264 e. The molecule has 2 aromatic heterocycles. The summed E-state index contributed by atoms with van der Waals surface area (Å²) in [5, 5.41) is 8.15. The first-order valence-corrected chi connectivity index (χ1v) is 10.1. The third-order valence-electron chi connectivity index (χ3n) is 4.51. The molecular formula is C18H20N4O4S. The first kappa shape index (κ1) is 17.6. The zero-order valence-electron chi connectivity index (χ0n) is 15.2. The summed E-state index contributed by atoms with van der Waals surface area (Å²) >= 11 is 0. The van der Waals surface area contributed by atoms with E-state index in [-0.39, 0.29) is 10.8 Å². The summed E-state index contributed by atoms with van der Waals surface area (Å²) < 4.78 is 39.6. The van der Waals surface area contributed by atoms with Crippen LogP contribution in [0.4, 0.5) is 5.69 Å². The summed E-state index contributed by atoms with van der Waals surface area (Å²) in [4.78, 5) is 3.18. The molecule has 3 aromatic rings. The number of sulfonamides is 1. The molecule has 27 heavy (non-hydrogen) atoms. The number of ether oxygens (including phenoxy) is 1. The van der Waals surface area contributed by atoms with Crippen LogP contribution in [-0.4, -0.2) is 30.7 Å². The maximum Gasteiger partial charge on any atom is 0.264 e. The summed E-state index contributed by atoms with van der Waals surface area (Å²) in [6.45, 7) is 3.49. The Morgan fingerprint density at radius 1 is 1.15 bits per heavy atom. The monoisotopic (exact) mass is 388 g/mol. The van der Waals surface area contributed by atoms with Gasteiger partial charge in [-0.3, -0.25) is 4.72 Å². The number of hydrogen-bond acceptors (Lipinski definition) is 6. The van der Waals surface area contributed by atoms with Crippen molar-refractivity contribution in [1.82, 2.24) is 15.2 Å². The Labute approximate surface area is 157 Å². The molecule has 0 aliphatic heterocycles. The molecule has 0 amide bonds. The fourth-order valence-electron chi connectivity index (χ4n) is 3.05. The number of rotatable bonds is 6. The standard InChI is InChI=1S/C18H20N4O4S/c1-10-15(18-21-20-17(26-18)12-4-5-12)16(11(2)19-10)27(23,24)22-13-6-8-14(25-3)9-7-13/h6-9,12,19,22H,4-5H2,1-3H3. The van der Waals surface area contributed by atoms with Gasteiger partial charge in [0.15, 0.2) is 0 Å². The maximum atomic E-state index is 13.1. The molecule has 0 unspecified atom stereocenters. The molecular weight excluding hydrogens is 368 g/mol. The van der Waals surface area contributed by atoms with Crippen molar-refractivity contribution in [1.29, 1.82) is 0 Å². The number of hydrogen-bond donors (Lipinski definition) is 2. The van der Waals surface area contributed by atoms with E-state index < -0.39 is 10.0 Å². The largest absolute Gasteiger partial charge is 0.497 e. The number of anilines is 1. The molecule has 0 bridgehead atoms. The second-order valence-electron chi connectivity index (χ2n) is 6.63. The number of aromatic amines is 1. The molecule has 2 N–H and O–H groups in total. The van der Waals surface area contributed by atoms with E-state index in [9.17, 15) is 8.42 Å². The first-order valence-electron chi connectivity index (χ1n) is 8.59. The Morgan fingerprint density at radius 2 is 1.85 bits per heavy atom. The molecule has 1 saturated carbocycles. The van der Waals surface area contributed by atoms with Crippen LogP contribution in [0.25, 0.3) is 11.5 Å². The minimum Gasteiger partial charge on any atom is -0.497 e. The first-order chi connectivity index (χ1) is 12.9. The van der Waals surface area contributed by atoms with Crippen molar-refractivity contribution < 1.29 is 17.6 Å². The van der Waals surface area contributed by atoms with Gasteiger partial charge < -0.3 is 14.1 Å². The van der Waals surface area contributed by atoms with Crippen LogP contribution in [0.5, 0.6) is 5.75 Å². The van der Waals surface area contributed by atoms with Gasteiger partial charge in [-0.25, -0.2) is 8.42 Å². The number of aromatic nitrogens is 3. The van der Waals surface area contributed by atoms with Crippen molar-refractivity contribution >= 4 is 15.7 Å². The Kier molecular flexibility index (Phi) is 4.18. The Bertz CT molecular complexity index is 1080. The normalized spacial score (nSPS) is 14.3. The molecule has 9 heteroatoms. The Hall–Kier alpha value is -2.81. The van der Waals surface area contributed by atoms with Crippen molar-refractivity contribution in [2.75, 3.05) is 11.8 Å². The minimum atomic E-state index is -3.87. The van der Waals surface area contributed by atoms with E-state index in [4.69, 9.17) is 9.15 Å². The predicted molar refractivity (Wildman–Crippen MR) is 99.3 cm³/mol. The number of benzene rings is 1. The van der Waals surface area contributed by atoms with Gasteiger partial charge in [-0.05, 0) is 51.0 Å². The molecule has 0 atom stereocenters. The average Bonchev–Trinajstić information content (AvgIpc) is 3.28. The van der Waals surface area contributed by atoms with E-state index in [0.29, 0.717) is 40.2 Å². The molecule has 4 rings (SSSR count). The predicted octanol–water partition coefficient (Wildman–Crippen LogP) is 3.37. The van der Waals surface area contributed by atoms with Crippen LogP contribution in [0, 0.1) is 13.8 Å². The summed E-state index contributed by atoms with van der Waals surface area (Å²) in [6.07, 6.45) is 2.05. The van der Waals surface area contributed by atoms with E-state index in [1.165, 1.54) is 0 Å². The molecule has 1 aliphatic rings. The molecule has 0 saturated heterocycles. The lowest BCUT2D eigenvalue weighted by Gasteiger charge is -2.10. The van der Waals surface area contributed by atoms with Crippen molar-refractivity contribution in [3.8, 4) is 17.2 Å². The number of nitrogens with zero attached hydrogens (tertiary/aromatic N) is 2. The summed E-state index contributed by atoms with van der Waals surface area (Å²) in [5.41, 5.74) is 2.01. The average molecular weight is 388 g/mol. The van der Waals surface area contributed by atoms with E-state index in [1.807, 2.05) is 0 Å². The van der Waals surface area contributed by atoms with Crippen LogP contribution in [0.15, 0.2) is 33.6 Å². The van der Waals surface area contributed by atoms with Crippen molar-refractivity contribution in [3.05, 3.63) is 41.5 Å². The van der Waals surface area contributed by atoms with Crippen LogP contribution in [0.1, 0.15) is 36.0 Å². The third-order valence-corrected chi connectivity index (χ3v) is 6.06. The van der Waals surface area contributed by atoms with E-state index >= 15 is 0 Å². The van der Waals surface area contributed by atoms with Gasteiger partial charge in [0.25, 0.3) is 15.9 Å². The van der Waals surface area contributed by atoms with Gasteiger partial charge in [-0.2, -0.15) is 0 Å². The quantitative estimate of drug-likeness (QED) is 0.670. The molecule has 0 radical (unpaired) electrons. The fourth-order valence-corrected chi connectivity index (χ4v) is 4.56. The van der Waals surface area contributed by atoms with E-state index in [1.54, 1.807) is 45.2 Å². The van der Waals surface area contributed by atoms with Gasteiger partial charge in [-0.1, -0.05) is 0 Å². The SMILES string of the molecule is COc1ccc(NS(=O)(=O)c2c(C)[nH]c(C)c2-c2nnc(C3CC3)o2)cc1. The van der Waals surface area contributed by atoms with Gasteiger partial charge in [0.05, 0.1) is 12.7 Å². The highest BCUT2D eigenvalue weighted by Gasteiger charge is 2.33. The molecule has 142 valence electrons. The molecule has 0 spiro atoms. The van der Waals surface area contributed by atoms with Crippen LogP contribution in [0.3, 0.4) is 0 Å². The fraction of sp³-hybridized carbons (Fsp3) is 0.333. The molecule has 2 heterocycles. The highest BCUT2D eigenvalue weighted by atomic mass is 32.2. The lowest BCUT2D eigenvalue weighted by molar-refractivity contribution is 0.415. The summed E-state index contributed by atoms with van der Waals surface area (Å²) in [6, 6.07) is 6.66. The second-order valence-corrected chi connectivity index (χ2v) is 8.25. The lowest BCUT2D eigenvalue weighted by Crippen LogP contribution is -2.14. The van der Waals surface area contributed by atoms with Crippen LogP contribution in [0.2, 0.25) is 0 Å². The number of aryl methyl sites for hydroxylation is 2. The maximum absolute atomic E-state index is 13.1. The van der Waals surface area contributed by atoms with Crippen LogP contribution in [-0.2, 0) is 10.0 Å². The van der Waals surface area contributed by atoms with Gasteiger partial charge in [0.1, 0.15) is 10.6 Å². The summed E-state index contributed by atoms with van der Waals surface area (Å²) in [5.74, 6) is 1.72. The highest BCUT2D eigenvalue weighted by Crippen LogP contribution is 2.41. The Morgan fingerprint density at radius 3 is 2.48 bits per heavy atom. The third kappa shape index (κ3) is 3.30. The lowest BCUT2D eigenvalue weighted by atomic mass is 10.2. The molecule has 1 aliphatic carbocycles. The van der Waals surface area contributed by atoms with Gasteiger partial charge in [0.2, 0.25) is 5.89 Å². The van der Waals surface area contributed by atoms with Crippen LogP contribution >= 0.6 is 0 Å². The van der Waals surface area contributed by atoms with Gasteiger partial charge in [0, 0.05) is 23.0 Å². The van der Waals surface area contributed by atoms with Crippen molar-refractivity contribution in [2.45, 2.75) is 37.5 Å². The number of H-pyrrole nitrogens is 1. The van der Waals surface area contributed by atoms with Crippen molar-refractivity contribution in [3.63, 3.8) is 0 Å². The molecule has 1 aromatic carbocycles. The minimum absolute atomic E-state index is 0.113. The van der Waals surface area contributed by atoms with E-state index in [2.05, 4.69) is 19.9 Å². The highest BCUT2D eigenvalue weighted by molar-refractivity contribution is 7.93. The molecule has 1 fully saturated rings. The Balaban J connectivity index is 1.72. The van der Waals surface area contributed by atoms with Gasteiger partial charge in [-0.15, -0.1) is 10.2 Å². The zero-order chi connectivity index (χ0) is 19.2. The number of nitrogens with one attached hydrogen (secondary N) is 2. The second kappa shape index (κ2) is 6.41. The summed E-state index contributed by atoms with van der Waals surface area (Å²) in [7, 11) is -2.31. The van der Waals surface area contributed by atoms with Crippen molar-refractivity contribution in [2.24, 2.45) is 0 Å². The van der Waals surface area contributed by atoms with E-state index in [0.717, 1.165) is 12.8 Å². The van der Waals surface area contributed by atoms with Crippen LogP contribution < -0.4 is 9.46 Å². The van der Waals surface area contributed by atoms with Gasteiger partial charge >= 0.3 is 0 Å². The molecule has 8 nitrogen and oxygen atoms in total. The number of methoxy groups -OCH3 is 1. The topological polar surface area (TPSA) is 110 Å². The zero-order valence-corrected chi connectivity index (χ0v) is 16.1.